The van der Waals surface area contributed by atoms with Crippen LogP contribution in [-0.2, 0) is 13.0 Å². The van der Waals surface area contributed by atoms with E-state index in [0.717, 1.165) is 19.0 Å². The fourth-order valence-electron chi connectivity index (χ4n) is 3.28. The van der Waals surface area contributed by atoms with E-state index in [4.69, 9.17) is 0 Å². The second kappa shape index (κ2) is 5.57. The average molecular weight is 279 g/mol. The van der Waals surface area contributed by atoms with Gasteiger partial charge < -0.3 is 5.32 Å². The van der Waals surface area contributed by atoms with Gasteiger partial charge in [0.15, 0.2) is 0 Å². The standard InChI is InChI=1S/C18H21N3/c1-3-14-4-2-8-20-18(14)17(5-1)15-9-13(10-19-12-15)11-21-16-6-7-16/h2,4,8-10,12,16-17,21H,1,3,5-7,11H2. The highest BCUT2D eigenvalue weighted by molar-refractivity contribution is 5.35. The van der Waals surface area contributed by atoms with Gasteiger partial charge >= 0.3 is 0 Å². The van der Waals surface area contributed by atoms with E-state index in [1.54, 1.807) is 0 Å². The Labute approximate surface area is 125 Å². The summed E-state index contributed by atoms with van der Waals surface area (Å²) < 4.78 is 0. The number of aromatic nitrogens is 2. The monoisotopic (exact) mass is 279 g/mol. The first kappa shape index (κ1) is 13.0. The van der Waals surface area contributed by atoms with Crippen LogP contribution < -0.4 is 5.32 Å². The lowest BCUT2D eigenvalue weighted by molar-refractivity contribution is 0.595. The number of fused-ring (bicyclic) bond motifs is 1. The van der Waals surface area contributed by atoms with Crippen molar-refractivity contribution < 1.29 is 0 Å². The molecule has 0 spiro atoms. The predicted molar refractivity (Wildman–Crippen MR) is 83.1 cm³/mol. The summed E-state index contributed by atoms with van der Waals surface area (Å²) in [5.74, 6) is 0.420. The summed E-state index contributed by atoms with van der Waals surface area (Å²) in [7, 11) is 0. The number of rotatable bonds is 4. The van der Waals surface area contributed by atoms with Crippen LogP contribution in [0.15, 0.2) is 36.8 Å². The largest absolute Gasteiger partial charge is 0.310 e. The van der Waals surface area contributed by atoms with Crippen LogP contribution in [0.5, 0.6) is 0 Å². The first-order valence-corrected chi connectivity index (χ1v) is 8.01. The summed E-state index contributed by atoms with van der Waals surface area (Å²) in [4.78, 5) is 9.11. The van der Waals surface area contributed by atoms with Crippen LogP contribution in [0.25, 0.3) is 0 Å². The van der Waals surface area contributed by atoms with Crippen LogP contribution in [0.4, 0.5) is 0 Å². The molecule has 0 aromatic carbocycles. The summed E-state index contributed by atoms with van der Waals surface area (Å²) in [6.45, 7) is 0.938. The highest BCUT2D eigenvalue weighted by atomic mass is 14.9. The summed E-state index contributed by atoms with van der Waals surface area (Å²) in [6.07, 6.45) is 12.2. The second-order valence-corrected chi connectivity index (χ2v) is 6.27. The molecule has 1 atom stereocenters. The molecule has 0 amide bonds. The van der Waals surface area contributed by atoms with E-state index in [2.05, 4.69) is 33.5 Å². The molecular formula is C18H21N3. The normalized spacial score (nSPS) is 21.0. The van der Waals surface area contributed by atoms with Crippen molar-refractivity contribution in [1.29, 1.82) is 0 Å². The van der Waals surface area contributed by atoms with Crippen molar-refractivity contribution in [2.24, 2.45) is 0 Å². The van der Waals surface area contributed by atoms with Gasteiger partial charge in [0, 0.05) is 37.1 Å². The molecule has 2 aliphatic carbocycles. The van der Waals surface area contributed by atoms with Crippen molar-refractivity contribution in [2.45, 2.75) is 50.6 Å². The molecule has 1 fully saturated rings. The number of hydrogen-bond donors (Lipinski definition) is 1. The molecule has 4 rings (SSSR count). The van der Waals surface area contributed by atoms with Crippen LogP contribution in [-0.4, -0.2) is 16.0 Å². The van der Waals surface area contributed by atoms with E-state index in [1.807, 2.05) is 18.6 Å². The van der Waals surface area contributed by atoms with Crippen molar-refractivity contribution in [3.05, 3.63) is 59.2 Å². The lowest BCUT2D eigenvalue weighted by Gasteiger charge is -2.24. The summed E-state index contributed by atoms with van der Waals surface area (Å²) in [5.41, 5.74) is 5.29. The predicted octanol–water partition coefficient (Wildman–Crippen LogP) is 3.20. The molecule has 0 bridgehead atoms. The van der Waals surface area contributed by atoms with Crippen LogP contribution in [0.2, 0.25) is 0 Å². The molecule has 1 saturated carbocycles. The minimum absolute atomic E-state index is 0.420. The van der Waals surface area contributed by atoms with Crippen molar-refractivity contribution >= 4 is 0 Å². The quantitative estimate of drug-likeness (QED) is 0.934. The summed E-state index contributed by atoms with van der Waals surface area (Å²) >= 11 is 0. The molecule has 0 radical (unpaired) electrons. The highest BCUT2D eigenvalue weighted by Crippen LogP contribution is 2.35. The van der Waals surface area contributed by atoms with E-state index >= 15 is 0 Å². The lowest BCUT2D eigenvalue weighted by Crippen LogP contribution is -2.17. The van der Waals surface area contributed by atoms with E-state index in [-0.39, 0.29) is 0 Å². The maximum atomic E-state index is 4.65. The van der Waals surface area contributed by atoms with Gasteiger partial charge in [-0.1, -0.05) is 12.1 Å². The first-order chi connectivity index (χ1) is 10.4. The van der Waals surface area contributed by atoms with Gasteiger partial charge in [0.05, 0.1) is 5.69 Å². The van der Waals surface area contributed by atoms with Gasteiger partial charge in [0.25, 0.3) is 0 Å². The maximum absolute atomic E-state index is 4.65. The zero-order chi connectivity index (χ0) is 14.1. The molecule has 3 heteroatoms. The Kier molecular flexibility index (Phi) is 3.44. The second-order valence-electron chi connectivity index (χ2n) is 6.27. The summed E-state index contributed by atoms with van der Waals surface area (Å²) in [5, 5.41) is 3.57. The SMILES string of the molecule is c1cnc2c(c1)CCCC2c1cncc(CNC2CC2)c1. The molecule has 1 unspecified atom stereocenters. The molecule has 108 valence electrons. The molecule has 2 aromatic heterocycles. The van der Waals surface area contributed by atoms with Crippen LogP contribution in [0.3, 0.4) is 0 Å². The molecule has 2 aromatic rings. The molecule has 2 aliphatic rings. The van der Waals surface area contributed by atoms with Crippen LogP contribution in [0.1, 0.15) is 54.0 Å². The molecule has 0 saturated heterocycles. The Morgan fingerprint density at radius 2 is 2.14 bits per heavy atom. The van der Waals surface area contributed by atoms with E-state index in [1.165, 1.54) is 48.1 Å². The zero-order valence-corrected chi connectivity index (χ0v) is 12.3. The zero-order valence-electron chi connectivity index (χ0n) is 12.3. The Balaban J connectivity index is 1.59. The van der Waals surface area contributed by atoms with Crippen molar-refractivity contribution in [1.82, 2.24) is 15.3 Å². The van der Waals surface area contributed by atoms with E-state index in [9.17, 15) is 0 Å². The molecular weight excluding hydrogens is 258 g/mol. The van der Waals surface area contributed by atoms with Gasteiger partial charge in [-0.2, -0.15) is 0 Å². The number of nitrogens with zero attached hydrogens (tertiary/aromatic N) is 2. The van der Waals surface area contributed by atoms with Crippen molar-refractivity contribution in [2.75, 3.05) is 0 Å². The molecule has 21 heavy (non-hydrogen) atoms. The Morgan fingerprint density at radius 1 is 1.19 bits per heavy atom. The number of nitrogens with one attached hydrogen (secondary N) is 1. The van der Waals surface area contributed by atoms with Gasteiger partial charge in [0.1, 0.15) is 0 Å². The molecule has 1 N–H and O–H groups in total. The minimum Gasteiger partial charge on any atom is -0.310 e. The Morgan fingerprint density at radius 3 is 3.05 bits per heavy atom. The number of hydrogen-bond acceptors (Lipinski definition) is 3. The van der Waals surface area contributed by atoms with Gasteiger partial charge in [-0.25, -0.2) is 0 Å². The minimum atomic E-state index is 0.420. The Bertz CT molecular complexity index is 634. The third kappa shape index (κ3) is 2.84. The lowest BCUT2D eigenvalue weighted by atomic mass is 9.82. The van der Waals surface area contributed by atoms with Crippen LogP contribution in [0, 0.1) is 0 Å². The number of pyridine rings is 2. The maximum Gasteiger partial charge on any atom is 0.0510 e. The first-order valence-electron chi connectivity index (χ1n) is 8.01. The van der Waals surface area contributed by atoms with Gasteiger partial charge in [-0.05, 0) is 54.9 Å². The number of aryl methyl sites for hydroxylation is 1. The molecule has 3 nitrogen and oxygen atoms in total. The van der Waals surface area contributed by atoms with E-state index in [0.29, 0.717) is 5.92 Å². The summed E-state index contributed by atoms with van der Waals surface area (Å²) in [6, 6.07) is 7.33. The fraction of sp³-hybridized carbons (Fsp3) is 0.444. The molecule has 0 aliphatic heterocycles. The highest BCUT2D eigenvalue weighted by Gasteiger charge is 2.24. The van der Waals surface area contributed by atoms with Crippen LogP contribution >= 0.6 is 0 Å². The van der Waals surface area contributed by atoms with Crippen molar-refractivity contribution in [3.63, 3.8) is 0 Å². The average Bonchev–Trinajstić information content (AvgIpc) is 3.37. The molecule has 2 heterocycles. The van der Waals surface area contributed by atoms with Gasteiger partial charge in [0.2, 0.25) is 0 Å². The Hall–Kier alpha value is -1.74. The smallest absolute Gasteiger partial charge is 0.0510 e. The third-order valence-corrected chi connectivity index (χ3v) is 4.59. The fourth-order valence-corrected chi connectivity index (χ4v) is 3.28. The van der Waals surface area contributed by atoms with Gasteiger partial charge in [-0.15, -0.1) is 0 Å². The topological polar surface area (TPSA) is 37.8 Å². The van der Waals surface area contributed by atoms with Crippen molar-refractivity contribution in [3.8, 4) is 0 Å². The third-order valence-electron chi connectivity index (χ3n) is 4.59. The van der Waals surface area contributed by atoms with Gasteiger partial charge in [-0.3, -0.25) is 9.97 Å². The van der Waals surface area contributed by atoms with E-state index < -0.39 is 0 Å².